The third kappa shape index (κ3) is 5.25. The summed E-state index contributed by atoms with van der Waals surface area (Å²) in [6.45, 7) is 0.406. The standard InChI is InChI=1S/C21H26N2O4S/c1-26-16-6-4-7-17(12-16)27-14-20(25)22-13-19(24)23-15-21(9-2-3-10-21)18-8-5-11-28-18/h4-8,11-12H,2-3,9-10,13-15H2,1H3,(H,22,25)(H,23,24). The topological polar surface area (TPSA) is 76.7 Å². The van der Waals surface area contributed by atoms with Crippen molar-refractivity contribution in [2.45, 2.75) is 31.1 Å². The van der Waals surface area contributed by atoms with Crippen molar-refractivity contribution < 1.29 is 19.1 Å². The molecule has 1 aliphatic carbocycles. The summed E-state index contributed by atoms with van der Waals surface area (Å²) in [5, 5.41) is 7.68. The molecule has 3 rings (SSSR count). The molecular formula is C21H26N2O4S. The highest BCUT2D eigenvalue weighted by atomic mass is 32.1. The monoisotopic (exact) mass is 402 g/mol. The summed E-state index contributed by atoms with van der Waals surface area (Å²) in [7, 11) is 1.57. The third-order valence-corrected chi connectivity index (χ3v) is 6.20. The Morgan fingerprint density at radius 2 is 1.86 bits per heavy atom. The van der Waals surface area contributed by atoms with E-state index in [1.165, 1.54) is 17.7 Å². The Bertz CT molecular complexity index is 785. The number of amides is 2. The second kappa shape index (κ2) is 9.59. The lowest BCUT2D eigenvalue weighted by Gasteiger charge is -2.28. The molecule has 1 heterocycles. The van der Waals surface area contributed by atoms with Crippen LogP contribution in [0.15, 0.2) is 41.8 Å². The summed E-state index contributed by atoms with van der Waals surface area (Å²) in [4.78, 5) is 25.5. The molecule has 1 aromatic heterocycles. The molecule has 1 saturated carbocycles. The van der Waals surface area contributed by atoms with Crippen molar-refractivity contribution >= 4 is 23.2 Å². The second-order valence-corrected chi connectivity index (χ2v) is 7.93. The molecule has 1 aromatic carbocycles. The first kappa shape index (κ1) is 20.2. The number of carbonyl (C=O) groups is 2. The van der Waals surface area contributed by atoms with Gasteiger partial charge in [-0.25, -0.2) is 0 Å². The van der Waals surface area contributed by atoms with Crippen LogP contribution in [-0.4, -0.2) is 38.6 Å². The zero-order valence-electron chi connectivity index (χ0n) is 16.0. The predicted octanol–water partition coefficient (Wildman–Crippen LogP) is 2.88. The highest BCUT2D eigenvalue weighted by Gasteiger charge is 2.36. The number of thiophene rings is 1. The average molecular weight is 403 g/mol. The number of rotatable bonds is 9. The van der Waals surface area contributed by atoms with E-state index in [2.05, 4.69) is 28.1 Å². The number of nitrogens with one attached hydrogen (secondary N) is 2. The van der Waals surface area contributed by atoms with Crippen LogP contribution in [0.5, 0.6) is 11.5 Å². The Balaban J connectivity index is 1.40. The van der Waals surface area contributed by atoms with Crippen LogP contribution >= 0.6 is 11.3 Å². The van der Waals surface area contributed by atoms with E-state index in [-0.39, 0.29) is 30.4 Å². The molecule has 0 radical (unpaired) electrons. The van der Waals surface area contributed by atoms with Gasteiger partial charge in [-0.2, -0.15) is 0 Å². The lowest BCUT2D eigenvalue weighted by molar-refractivity contribution is -0.127. The molecule has 150 valence electrons. The van der Waals surface area contributed by atoms with Crippen molar-refractivity contribution in [3.05, 3.63) is 46.7 Å². The van der Waals surface area contributed by atoms with E-state index in [0.29, 0.717) is 18.0 Å². The minimum absolute atomic E-state index is 0.0450. The summed E-state index contributed by atoms with van der Waals surface area (Å²) in [5.41, 5.74) is 0.0450. The van der Waals surface area contributed by atoms with E-state index in [4.69, 9.17) is 9.47 Å². The van der Waals surface area contributed by atoms with Gasteiger partial charge in [-0.3, -0.25) is 9.59 Å². The number of carbonyl (C=O) groups excluding carboxylic acids is 2. The van der Waals surface area contributed by atoms with Gasteiger partial charge < -0.3 is 20.1 Å². The second-order valence-electron chi connectivity index (χ2n) is 6.99. The van der Waals surface area contributed by atoms with E-state index in [0.717, 1.165) is 12.8 Å². The van der Waals surface area contributed by atoms with Crippen LogP contribution in [0.4, 0.5) is 0 Å². The number of hydrogen-bond acceptors (Lipinski definition) is 5. The minimum Gasteiger partial charge on any atom is -0.497 e. The van der Waals surface area contributed by atoms with Crippen LogP contribution in [0.3, 0.4) is 0 Å². The summed E-state index contributed by atoms with van der Waals surface area (Å²) >= 11 is 1.75. The normalized spacial score (nSPS) is 15.0. The van der Waals surface area contributed by atoms with Crippen LogP contribution in [0.2, 0.25) is 0 Å². The van der Waals surface area contributed by atoms with Crippen LogP contribution < -0.4 is 20.1 Å². The first-order valence-corrected chi connectivity index (χ1v) is 10.3. The van der Waals surface area contributed by atoms with Crippen molar-refractivity contribution in [2.24, 2.45) is 0 Å². The van der Waals surface area contributed by atoms with E-state index in [1.54, 1.807) is 42.7 Å². The molecule has 0 spiro atoms. The Kier molecular flexibility index (Phi) is 6.92. The molecule has 28 heavy (non-hydrogen) atoms. The molecule has 2 amide bonds. The SMILES string of the molecule is COc1cccc(OCC(=O)NCC(=O)NCC2(c3cccs3)CCCC2)c1. The van der Waals surface area contributed by atoms with Crippen LogP contribution in [0.1, 0.15) is 30.6 Å². The smallest absolute Gasteiger partial charge is 0.258 e. The maximum absolute atomic E-state index is 12.2. The molecule has 0 unspecified atom stereocenters. The summed E-state index contributed by atoms with van der Waals surface area (Å²) in [6, 6.07) is 11.2. The molecule has 1 aliphatic rings. The predicted molar refractivity (Wildman–Crippen MR) is 109 cm³/mol. The van der Waals surface area contributed by atoms with E-state index >= 15 is 0 Å². The zero-order valence-corrected chi connectivity index (χ0v) is 16.8. The first-order valence-electron chi connectivity index (χ1n) is 9.45. The van der Waals surface area contributed by atoms with Gasteiger partial charge in [0, 0.05) is 22.9 Å². The molecule has 0 bridgehead atoms. The fourth-order valence-electron chi connectivity index (χ4n) is 3.54. The molecule has 6 nitrogen and oxygen atoms in total. The van der Waals surface area contributed by atoms with Gasteiger partial charge in [0.25, 0.3) is 5.91 Å². The maximum Gasteiger partial charge on any atom is 0.258 e. The summed E-state index contributed by atoms with van der Waals surface area (Å²) < 4.78 is 10.5. The first-order chi connectivity index (χ1) is 13.6. The number of methoxy groups -OCH3 is 1. The number of ether oxygens (including phenoxy) is 2. The van der Waals surface area contributed by atoms with Crippen LogP contribution in [-0.2, 0) is 15.0 Å². The molecule has 0 saturated heterocycles. The van der Waals surface area contributed by atoms with Crippen molar-refractivity contribution in [1.82, 2.24) is 10.6 Å². The molecule has 0 atom stereocenters. The van der Waals surface area contributed by atoms with Crippen LogP contribution in [0.25, 0.3) is 0 Å². The number of benzene rings is 1. The van der Waals surface area contributed by atoms with Gasteiger partial charge in [0.1, 0.15) is 11.5 Å². The maximum atomic E-state index is 12.2. The lowest BCUT2D eigenvalue weighted by atomic mass is 9.84. The highest BCUT2D eigenvalue weighted by molar-refractivity contribution is 7.10. The Morgan fingerprint density at radius 1 is 1.07 bits per heavy atom. The fourth-order valence-corrected chi connectivity index (χ4v) is 4.53. The Morgan fingerprint density at radius 3 is 2.57 bits per heavy atom. The van der Waals surface area contributed by atoms with Gasteiger partial charge in [0.2, 0.25) is 5.91 Å². The largest absolute Gasteiger partial charge is 0.497 e. The Labute approximate surface area is 169 Å². The van der Waals surface area contributed by atoms with Gasteiger partial charge in [0.15, 0.2) is 6.61 Å². The van der Waals surface area contributed by atoms with E-state index in [9.17, 15) is 9.59 Å². The Hall–Kier alpha value is -2.54. The van der Waals surface area contributed by atoms with Crippen LogP contribution in [0, 0.1) is 0 Å². The van der Waals surface area contributed by atoms with Gasteiger partial charge >= 0.3 is 0 Å². The lowest BCUT2D eigenvalue weighted by Crippen LogP contribution is -2.44. The van der Waals surface area contributed by atoms with Crippen molar-refractivity contribution in [3.8, 4) is 11.5 Å². The van der Waals surface area contributed by atoms with Gasteiger partial charge in [-0.15, -0.1) is 11.3 Å². The molecule has 0 aliphatic heterocycles. The highest BCUT2D eigenvalue weighted by Crippen LogP contribution is 2.42. The summed E-state index contributed by atoms with van der Waals surface area (Å²) in [5.74, 6) is 0.673. The van der Waals surface area contributed by atoms with Gasteiger partial charge in [0.05, 0.1) is 13.7 Å². The quantitative estimate of drug-likeness (QED) is 0.676. The van der Waals surface area contributed by atoms with Gasteiger partial charge in [-0.1, -0.05) is 25.0 Å². The van der Waals surface area contributed by atoms with E-state index in [1.807, 2.05) is 0 Å². The minimum atomic E-state index is -0.341. The average Bonchev–Trinajstić information content (AvgIpc) is 3.42. The molecule has 1 fully saturated rings. The van der Waals surface area contributed by atoms with Crippen molar-refractivity contribution in [3.63, 3.8) is 0 Å². The van der Waals surface area contributed by atoms with Gasteiger partial charge in [-0.05, 0) is 36.4 Å². The number of hydrogen-bond donors (Lipinski definition) is 2. The van der Waals surface area contributed by atoms with Crippen molar-refractivity contribution in [1.29, 1.82) is 0 Å². The summed E-state index contributed by atoms with van der Waals surface area (Å²) in [6.07, 6.45) is 4.56. The fraction of sp³-hybridized carbons (Fsp3) is 0.429. The molecule has 2 aromatic rings. The third-order valence-electron chi connectivity index (χ3n) is 5.09. The van der Waals surface area contributed by atoms with Crippen molar-refractivity contribution in [2.75, 3.05) is 26.8 Å². The van der Waals surface area contributed by atoms with E-state index < -0.39 is 0 Å². The molecule has 7 heteroatoms. The molecule has 2 N–H and O–H groups in total. The zero-order chi connectivity index (χ0) is 19.8. The molecular weight excluding hydrogens is 376 g/mol.